The maximum atomic E-state index is 12.4. The zero-order valence-electron chi connectivity index (χ0n) is 17.4. The van der Waals surface area contributed by atoms with Crippen molar-refractivity contribution in [2.75, 3.05) is 32.6 Å². The fraction of sp³-hybridized carbons (Fsp3) is 0.238. The summed E-state index contributed by atoms with van der Waals surface area (Å²) in [4.78, 5) is 26.5. The second-order valence-electron chi connectivity index (χ2n) is 6.56. The summed E-state index contributed by atoms with van der Waals surface area (Å²) in [5, 5.41) is 16.8. The number of halogens is 1. The minimum absolute atomic E-state index is 0.0658. The number of pyridine rings is 1. The Morgan fingerprint density at radius 3 is 2.50 bits per heavy atom. The lowest BCUT2D eigenvalue weighted by molar-refractivity contribution is -0.385. The molecule has 2 N–H and O–H groups in total. The topological polar surface area (TPSA) is 129 Å². The van der Waals surface area contributed by atoms with Crippen molar-refractivity contribution in [1.29, 1.82) is 0 Å². The largest absolute Gasteiger partial charge is 0.493 e. The van der Waals surface area contributed by atoms with Gasteiger partial charge in [-0.1, -0.05) is 0 Å². The molecule has 3 rings (SSSR count). The molecule has 0 spiro atoms. The van der Waals surface area contributed by atoms with Crippen molar-refractivity contribution in [3.8, 4) is 22.8 Å². The average molecular weight is 505 g/mol. The van der Waals surface area contributed by atoms with Crippen LogP contribution in [0.2, 0.25) is 0 Å². The van der Waals surface area contributed by atoms with Gasteiger partial charge in [-0.3, -0.25) is 10.1 Å². The van der Waals surface area contributed by atoms with Crippen LogP contribution in [0.15, 0.2) is 56.3 Å². The zero-order chi connectivity index (χ0) is 23.1. The molecule has 0 fully saturated rings. The van der Waals surface area contributed by atoms with Crippen LogP contribution in [0, 0.1) is 10.1 Å². The predicted molar refractivity (Wildman–Crippen MR) is 122 cm³/mol. The van der Waals surface area contributed by atoms with Crippen LogP contribution in [0.3, 0.4) is 0 Å². The molecule has 10 nitrogen and oxygen atoms in total. The number of nitrogens with one attached hydrogen (secondary N) is 2. The lowest BCUT2D eigenvalue weighted by Crippen LogP contribution is -2.24. The Morgan fingerprint density at radius 2 is 1.88 bits per heavy atom. The van der Waals surface area contributed by atoms with Gasteiger partial charge in [0, 0.05) is 35.7 Å². The molecule has 0 bridgehead atoms. The SMILES string of the molecule is COc1cc(Br)c(-c2ccc(CNCCNc3ccc([N+](=O)[O-])cn3)c(=O)o2)cc1OC. The molecule has 3 aromatic rings. The summed E-state index contributed by atoms with van der Waals surface area (Å²) in [5.41, 5.74) is 0.642. The Bertz CT molecular complexity index is 1150. The Labute approximate surface area is 191 Å². The van der Waals surface area contributed by atoms with E-state index in [0.717, 1.165) is 0 Å². The van der Waals surface area contributed by atoms with Gasteiger partial charge in [-0.05, 0) is 46.3 Å². The van der Waals surface area contributed by atoms with E-state index in [1.165, 1.54) is 25.4 Å². The monoisotopic (exact) mass is 504 g/mol. The van der Waals surface area contributed by atoms with Crippen LogP contribution in [0.25, 0.3) is 11.3 Å². The predicted octanol–water partition coefficient (Wildman–Crippen LogP) is 3.59. The van der Waals surface area contributed by atoms with Crippen LogP contribution < -0.4 is 25.7 Å². The quantitative estimate of drug-likeness (QED) is 0.241. The summed E-state index contributed by atoms with van der Waals surface area (Å²) in [6.07, 6.45) is 1.19. The fourth-order valence-electron chi connectivity index (χ4n) is 2.86. The molecule has 2 heterocycles. The first-order valence-electron chi connectivity index (χ1n) is 9.53. The second kappa shape index (κ2) is 10.7. The highest BCUT2D eigenvalue weighted by atomic mass is 79.9. The third-order valence-corrected chi connectivity index (χ3v) is 5.18. The average Bonchev–Trinajstić information content (AvgIpc) is 2.79. The third kappa shape index (κ3) is 5.62. The molecular weight excluding hydrogens is 484 g/mol. The molecule has 1 aromatic carbocycles. The van der Waals surface area contributed by atoms with Crippen LogP contribution in [0.5, 0.6) is 11.5 Å². The highest BCUT2D eigenvalue weighted by Crippen LogP contribution is 2.38. The van der Waals surface area contributed by atoms with Gasteiger partial charge in [0.05, 0.1) is 24.7 Å². The maximum absolute atomic E-state index is 12.4. The van der Waals surface area contributed by atoms with E-state index in [2.05, 4.69) is 31.5 Å². The maximum Gasteiger partial charge on any atom is 0.340 e. The van der Waals surface area contributed by atoms with E-state index in [1.54, 1.807) is 31.4 Å². The number of methoxy groups -OCH3 is 2. The highest BCUT2D eigenvalue weighted by Gasteiger charge is 2.14. The highest BCUT2D eigenvalue weighted by molar-refractivity contribution is 9.10. The molecule has 11 heteroatoms. The molecule has 0 unspecified atom stereocenters. The lowest BCUT2D eigenvalue weighted by Gasteiger charge is -2.11. The number of ether oxygens (including phenoxy) is 2. The smallest absolute Gasteiger partial charge is 0.340 e. The van der Waals surface area contributed by atoms with Crippen molar-refractivity contribution in [2.45, 2.75) is 6.54 Å². The van der Waals surface area contributed by atoms with Gasteiger partial charge < -0.3 is 24.5 Å². The van der Waals surface area contributed by atoms with Gasteiger partial charge >= 0.3 is 5.63 Å². The molecule has 0 atom stereocenters. The summed E-state index contributed by atoms with van der Waals surface area (Å²) in [6, 6.07) is 9.84. The van der Waals surface area contributed by atoms with Gasteiger partial charge in [-0.2, -0.15) is 0 Å². The van der Waals surface area contributed by atoms with E-state index in [-0.39, 0.29) is 5.69 Å². The van der Waals surface area contributed by atoms with Crippen molar-refractivity contribution >= 4 is 27.4 Å². The summed E-state index contributed by atoms with van der Waals surface area (Å²) < 4.78 is 16.8. The van der Waals surface area contributed by atoms with E-state index in [0.29, 0.717) is 58.3 Å². The molecule has 32 heavy (non-hydrogen) atoms. The molecule has 0 aliphatic rings. The second-order valence-corrected chi connectivity index (χ2v) is 7.42. The number of benzene rings is 1. The molecule has 0 saturated carbocycles. The van der Waals surface area contributed by atoms with Gasteiger partial charge in [0.1, 0.15) is 17.8 Å². The van der Waals surface area contributed by atoms with Crippen LogP contribution in [-0.4, -0.2) is 37.2 Å². The number of aromatic nitrogens is 1. The van der Waals surface area contributed by atoms with Gasteiger partial charge in [0.25, 0.3) is 5.69 Å². The summed E-state index contributed by atoms with van der Waals surface area (Å²) in [6.45, 7) is 1.39. The molecule has 2 aromatic heterocycles. The molecule has 0 aliphatic heterocycles. The Morgan fingerprint density at radius 1 is 1.12 bits per heavy atom. The summed E-state index contributed by atoms with van der Waals surface area (Å²) in [7, 11) is 3.08. The Hall–Kier alpha value is -3.44. The van der Waals surface area contributed by atoms with Crippen LogP contribution >= 0.6 is 15.9 Å². The first-order chi connectivity index (χ1) is 15.4. The van der Waals surface area contributed by atoms with E-state index in [4.69, 9.17) is 13.9 Å². The van der Waals surface area contributed by atoms with Crippen molar-refractivity contribution in [1.82, 2.24) is 10.3 Å². The van der Waals surface area contributed by atoms with E-state index in [1.807, 2.05) is 0 Å². The van der Waals surface area contributed by atoms with Crippen LogP contribution in [0.4, 0.5) is 11.5 Å². The third-order valence-electron chi connectivity index (χ3n) is 4.52. The van der Waals surface area contributed by atoms with Gasteiger partial charge in [0.15, 0.2) is 11.5 Å². The van der Waals surface area contributed by atoms with Gasteiger partial charge in [-0.15, -0.1) is 0 Å². The Kier molecular flexibility index (Phi) is 7.79. The lowest BCUT2D eigenvalue weighted by atomic mass is 10.1. The van der Waals surface area contributed by atoms with Crippen LogP contribution in [0.1, 0.15) is 5.56 Å². The molecule has 0 radical (unpaired) electrons. The van der Waals surface area contributed by atoms with E-state index in [9.17, 15) is 14.9 Å². The van der Waals surface area contributed by atoms with E-state index >= 15 is 0 Å². The number of nitro groups is 1. The van der Waals surface area contributed by atoms with Crippen LogP contribution in [-0.2, 0) is 6.54 Å². The molecule has 0 amide bonds. The number of nitrogens with zero attached hydrogens (tertiary/aromatic N) is 2. The number of hydrogen-bond acceptors (Lipinski definition) is 9. The zero-order valence-corrected chi connectivity index (χ0v) is 19.0. The number of rotatable bonds is 10. The van der Waals surface area contributed by atoms with Crippen molar-refractivity contribution in [3.05, 3.63) is 73.2 Å². The van der Waals surface area contributed by atoms with Gasteiger partial charge in [-0.25, -0.2) is 9.78 Å². The summed E-state index contributed by atoms with van der Waals surface area (Å²) >= 11 is 3.47. The fourth-order valence-corrected chi connectivity index (χ4v) is 3.38. The van der Waals surface area contributed by atoms with Crippen molar-refractivity contribution in [3.63, 3.8) is 0 Å². The first-order valence-corrected chi connectivity index (χ1v) is 10.3. The normalized spacial score (nSPS) is 10.6. The number of hydrogen-bond donors (Lipinski definition) is 2. The minimum Gasteiger partial charge on any atom is -0.493 e. The first kappa shape index (κ1) is 23.2. The summed E-state index contributed by atoms with van der Waals surface area (Å²) in [5.74, 6) is 2.01. The molecule has 0 saturated heterocycles. The molecular formula is C21H21BrN4O6. The standard InChI is InChI=1S/C21H21BrN4O6/c1-30-18-9-15(16(22)10-19(18)31-2)17-5-3-13(21(27)32-17)11-23-7-8-24-20-6-4-14(12-25-20)26(28)29/h3-6,9-10,12,23H,7-8,11H2,1-2H3,(H,24,25). The molecule has 168 valence electrons. The van der Waals surface area contributed by atoms with Crippen molar-refractivity contribution < 1.29 is 18.8 Å². The minimum atomic E-state index is -0.501. The Balaban J connectivity index is 1.57. The van der Waals surface area contributed by atoms with E-state index < -0.39 is 10.5 Å². The molecule has 0 aliphatic carbocycles. The van der Waals surface area contributed by atoms with Gasteiger partial charge in [0.2, 0.25) is 0 Å². The number of anilines is 1. The van der Waals surface area contributed by atoms with Crippen molar-refractivity contribution in [2.24, 2.45) is 0 Å².